The van der Waals surface area contributed by atoms with Crippen LogP contribution >= 0.6 is 0 Å². The Labute approximate surface area is 59.9 Å². The number of hydrogen-bond donors (Lipinski definition) is 0. The summed E-state index contributed by atoms with van der Waals surface area (Å²) in [4.78, 5) is 6.27. The van der Waals surface area contributed by atoms with Crippen molar-refractivity contribution in [3.8, 4) is 0 Å². The summed E-state index contributed by atoms with van der Waals surface area (Å²) < 4.78 is 0. The van der Waals surface area contributed by atoms with E-state index in [4.69, 9.17) is 0 Å². The largest absolute Gasteiger partial charge is 0.329 e. The lowest BCUT2D eigenvalue weighted by atomic mass is 10.3. The molecule has 0 unspecified atom stereocenters. The van der Waals surface area contributed by atoms with Crippen molar-refractivity contribution in [1.82, 2.24) is 4.90 Å². The zero-order chi connectivity index (χ0) is 6.81. The summed E-state index contributed by atoms with van der Waals surface area (Å²) in [5, 5.41) is 0. The maximum Gasteiger partial charge on any atom is 0.132 e. The zero-order valence-electron chi connectivity index (χ0n) is 5.57. The standard InChI is InChI=1S/C8H8N2/c1-2-6-10-7-3-5-9-8(10)4-1/h1-6H,7H2. The molecule has 0 N–H and O–H groups in total. The van der Waals surface area contributed by atoms with E-state index in [-0.39, 0.29) is 0 Å². The van der Waals surface area contributed by atoms with Crippen LogP contribution in [-0.4, -0.2) is 17.3 Å². The second-order valence-electron chi connectivity index (χ2n) is 2.23. The Morgan fingerprint density at radius 3 is 3.30 bits per heavy atom. The quantitative estimate of drug-likeness (QED) is 0.485. The maximum absolute atomic E-state index is 4.18. The molecule has 0 saturated heterocycles. The van der Waals surface area contributed by atoms with Crippen LogP contribution in [-0.2, 0) is 0 Å². The van der Waals surface area contributed by atoms with Gasteiger partial charge in [-0.15, -0.1) is 0 Å². The molecular weight excluding hydrogens is 124 g/mol. The van der Waals surface area contributed by atoms with Crippen molar-refractivity contribution in [2.24, 2.45) is 4.99 Å². The molecule has 2 aliphatic rings. The first-order valence-corrected chi connectivity index (χ1v) is 3.31. The lowest BCUT2D eigenvalue weighted by Gasteiger charge is -2.22. The number of hydrogen-bond acceptors (Lipinski definition) is 2. The Morgan fingerprint density at radius 1 is 1.40 bits per heavy atom. The second-order valence-corrected chi connectivity index (χ2v) is 2.23. The Balaban J connectivity index is 2.34. The average Bonchev–Trinajstić information content (AvgIpc) is 2.05. The molecule has 0 aliphatic carbocycles. The Bertz CT molecular complexity index is 246. The van der Waals surface area contributed by atoms with Gasteiger partial charge in [0, 0.05) is 18.9 Å². The number of allylic oxidation sites excluding steroid dienone is 2. The molecule has 0 bridgehead atoms. The Morgan fingerprint density at radius 2 is 2.40 bits per heavy atom. The van der Waals surface area contributed by atoms with Gasteiger partial charge in [-0.3, -0.25) is 0 Å². The van der Waals surface area contributed by atoms with Gasteiger partial charge in [0.15, 0.2) is 0 Å². The molecule has 2 heterocycles. The summed E-state index contributed by atoms with van der Waals surface area (Å²) in [6.45, 7) is 0.944. The molecule has 0 amide bonds. The lowest BCUT2D eigenvalue weighted by molar-refractivity contribution is 0.614. The molecule has 0 spiro atoms. The summed E-state index contributed by atoms with van der Waals surface area (Å²) in [7, 11) is 0. The van der Waals surface area contributed by atoms with Crippen molar-refractivity contribution >= 4 is 5.84 Å². The summed E-state index contributed by atoms with van der Waals surface area (Å²) in [6, 6.07) is 0. The van der Waals surface area contributed by atoms with E-state index in [1.54, 1.807) is 0 Å². The molecule has 0 aromatic heterocycles. The van der Waals surface area contributed by atoms with Crippen LogP contribution in [0.4, 0.5) is 0 Å². The molecule has 0 radical (unpaired) electrons. The first-order valence-electron chi connectivity index (χ1n) is 3.31. The third kappa shape index (κ3) is 0.778. The number of amidine groups is 1. The predicted octanol–water partition coefficient (Wildman–Crippen LogP) is 1.30. The van der Waals surface area contributed by atoms with Gasteiger partial charge in [-0.25, -0.2) is 4.99 Å². The molecule has 50 valence electrons. The van der Waals surface area contributed by atoms with E-state index in [1.807, 2.05) is 36.7 Å². The van der Waals surface area contributed by atoms with E-state index in [9.17, 15) is 0 Å². The maximum atomic E-state index is 4.18. The highest BCUT2D eigenvalue weighted by Gasteiger charge is 2.07. The van der Waals surface area contributed by atoms with Crippen LogP contribution in [0, 0.1) is 0 Å². The highest BCUT2D eigenvalue weighted by molar-refractivity contribution is 5.95. The van der Waals surface area contributed by atoms with Gasteiger partial charge in [-0.05, 0) is 18.2 Å². The molecule has 0 saturated carbocycles. The van der Waals surface area contributed by atoms with Crippen LogP contribution in [0.1, 0.15) is 0 Å². The van der Waals surface area contributed by atoms with E-state index in [1.165, 1.54) is 0 Å². The minimum atomic E-state index is 0.944. The molecule has 2 heteroatoms. The zero-order valence-corrected chi connectivity index (χ0v) is 5.57. The molecule has 2 nitrogen and oxygen atoms in total. The van der Waals surface area contributed by atoms with Crippen LogP contribution in [0.2, 0.25) is 0 Å². The monoisotopic (exact) mass is 132 g/mol. The molecule has 0 atom stereocenters. The normalized spacial score (nSPS) is 20.8. The van der Waals surface area contributed by atoms with Crippen molar-refractivity contribution in [3.63, 3.8) is 0 Å². The molecule has 0 aromatic carbocycles. The fourth-order valence-electron chi connectivity index (χ4n) is 1.03. The highest BCUT2D eigenvalue weighted by Crippen LogP contribution is 2.06. The second kappa shape index (κ2) is 2.14. The van der Waals surface area contributed by atoms with Gasteiger partial charge < -0.3 is 4.90 Å². The van der Waals surface area contributed by atoms with Gasteiger partial charge in [0.05, 0.1) is 0 Å². The van der Waals surface area contributed by atoms with Crippen molar-refractivity contribution in [2.45, 2.75) is 0 Å². The number of nitrogens with zero attached hydrogens (tertiary/aromatic N) is 2. The van der Waals surface area contributed by atoms with Crippen LogP contribution in [0.3, 0.4) is 0 Å². The molecule has 0 aromatic rings. The average molecular weight is 132 g/mol. The fourth-order valence-corrected chi connectivity index (χ4v) is 1.03. The first kappa shape index (κ1) is 5.47. The molecule has 2 aliphatic heterocycles. The third-order valence-corrected chi connectivity index (χ3v) is 1.53. The van der Waals surface area contributed by atoms with E-state index in [2.05, 4.69) is 9.89 Å². The predicted molar refractivity (Wildman–Crippen MR) is 41.6 cm³/mol. The van der Waals surface area contributed by atoms with Crippen molar-refractivity contribution in [3.05, 3.63) is 36.7 Å². The van der Waals surface area contributed by atoms with E-state index >= 15 is 0 Å². The number of fused-ring (bicyclic) bond motifs is 1. The number of rotatable bonds is 0. The Hall–Kier alpha value is -1.31. The van der Waals surface area contributed by atoms with Crippen LogP contribution in [0.15, 0.2) is 41.7 Å². The van der Waals surface area contributed by atoms with Crippen LogP contribution in [0.25, 0.3) is 0 Å². The van der Waals surface area contributed by atoms with E-state index in [0.29, 0.717) is 0 Å². The Kier molecular flexibility index (Phi) is 1.17. The van der Waals surface area contributed by atoms with Crippen molar-refractivity contribution in [2.75, 3.05) is 6.54 Å². The minimum absolute atomic E-state index is 0.944. The van der Waals surface area contributed by atoms with Crippen molar-refractivity contribution in [1.29, 1.82) is 0 Å². The minimum Gasteiger partial charge on any atom is -0.329 e. The highest BCUT2D eigenvalue weighted by atomic mass is 15.2. The topological polar surface area (TPSA) is 15.6 Å². The summed E-state index contributed by atoms with van der Waals surface area (Å²) in [6.07, 6.45) is 11.9. The van der Waals surface area contributed by atoms with Gasteiger partial charge >= 0.3 is 0 Å². The van der Waals surface area contributed by atoms with Crippen molar-refractivity contribution < 1.29 is 0 Å². The molecular formula is C8H8N2. The van der Waals surface area contributed by atoms with Crippen LogP contribution in [0.5, 0.6) is 0 Å². The summed E-state index contributed by atoms with van der Waals surface area (Å²) in [5.41, 5.74) is 0. The van der Waals surface area contributed by atoms with Gasteiger partial charge in [-0.2, -0.15) is 0 Å². The first-order chi connectivity index (χ1) is 4.97. The van der Waals surface area contributed by atoms with Gasteiger partial charge in [0.2, 0.25) is 0 Å². The summed E-state index contributed by atoms with van der Waals surface area (Å²) >= 11 is 0. The van der Waals surface area contributed by atoms with E-state index < -0.39 is 0 Å². The fraction of sp³-hybridized carbons (Fsp3) is 0.125. The van der Waals surface area contributed by atoms with Gasteiger partial charge in [0.1, 0.15) is 5.84 Å². The van der Waals surface area contributed by atoms with Gasteiger partial charge in [0.25, 0.3) is 0 Å². The molecule has 2 rings (SSSR count). The third-order valence-electron chi connectivity index (χ3n) is 1.53. The smallest absolute Gasteiger partial charge is 0.132 e. The number of aliphatic imine (C=N–C) groups is 1. The summed E-state index contributed by atoms with van der Waals surface area (Å²) in [5.74, 6) is 1.03. The van der Waals surface area contributed by atoms with Gasteiger partial charge in [-0.1, -0.05) is 6.08 Å². The van der Waals surface area contributed by atoms with Crippen LogP contribution < -0.4 is 0 Å². The van der Waals surface area contributed by atoms with E-state index in [0.717, 1.165) is 12.4 Å². The SMILES string of the molecule is C1=CC2=NC=CCN2C=C1. The lowest BCUT2D eigenvalue weighted by Crippen LogP contribution is -2.27. The molecule has 10 heavy (non-hydrogen) atoms. The molecule has 0 fully saturated rings.